The van der Waals surface area contributed by atoms with Crippen LogP contribution in [0.15, 0.2) is 36.4 Å². The average Bonchev–Trinajstić information content (AvgIpc) is 2.89. The number of aliphatic hydroxyl groups excluding tert-OH is 1. The Balaban J connectivity index is 1.83. The smallest absolute Gasteiger partial charge is 0.0814 e. The largest absolute Gasteiger partial charge is 0.395 e. The first kappa shape index (κ1) is 15.1. The van der Waals surface area contributed by atoms with Crippen LogP contribution in [0.1, 0.15) is 21.7 Å². The summed E-state index contributed by atoms with van der Waals surface area (Å²) in [4.78, 5) is 2.13. The predicted molar refractivity (Wildman–Crippen MR) is 82.8 cm³/mol. The van der Waals surface area contributed by atoms with Crippen LogP contribution in [0.2, 0.25) is 5.02 Å². The van der Waals surface area contributed by atoms with Gasteiger partial charge in [0.2, 0.25) is 0 Å². The highest BCUT2D eigenvalue weighted by molar-refractivity contribution is 7.12. The van der Waals surface area contributed by atoms with Crippen LogP contribution in [0.3, 0.4) is 0 Å². The molecule has 0 bridgehead atoms. The molecule has 0 saturated heterocycles. The molecule has 2 aromatic rings. The highest BCUT2D eigenvalue weighted by Crippen LogP contribution is 2.19. The second-order valence-corrected chi connectivity index (χ2v) is 5.70. The van der Waals surface area contributed by atoms with Gasteiger partial charge in [0.25, 0.3) is 0 Å². The monoisotopic (exact) mass is 306 g/mol. The van der Waals surface area contributed by atoms with E-state index in [0.29, 0.717) is 19.6 Å². The van der Waals surface area contributed by atoms with Crippen molar-refractivity contribution < 1.29 is 9.84 Å². The molecule has 0 aliphatic heterocycles. The normalized spacial score (nSPS) is 10.1. The number of thiophene rings is 1. The van der Waals surface area contributed by atoms with Gasteiger partial charge in [0, 0.05) is 16.3 Å². The zero-order valence-electron chi connectivity index (χ0n) is 10.9. The van der Waals surface area contributed by atoms with E-state index in [2.05, 4.69) is 11.8 Å². The SMILES string of the molecule is OCCC#Cc1ccc(COCc2ccccc2Cl)s1. The lowest BCUT2D eigenvalue weighted by atomic mass is 10.2. The van der Waals surface area contributed by atoms with Gasteiger partial charge >= 0.3 is 0 Å². The first-order chi connectivity index (χ1) is 9.79. The van der Waals surface area contributed by atoms with E-state index in [1.54, 1.807) is 11.3 Å². The van der Waals surface area contributed by atoms with Gasteiger partial charge in [0.05, 0.1) is 24.7 Å². The standard InChI is InChI=1S/C16H15ClO2S/c17-16-7-2-1-5-13(16)11-19-12-15-9-8-14(20-15)6-3-4-10-18/h1-2,5,7-9,18H,4,10-12H2. The van der Waals surface area contributed by atoms with Crippen LogP contribution in [0.5, 0.6) is 0 Å². The highest BCUT2D eigenvalue weighted by Gasteiger charge is 2.01. The lowest BCUT2D eigenvalue weighted by Gasteiger charge is -2.04. The van der Waals surface area contributed by atoms with Crippen LogP contribution in [0.25, 0.3) is 0 Å². The van der Waals surface area contributed by atoms with E-state index in [-0.39, 0.29) is 6.61 Å². The summed E-state index contributed by atoms with van der Waals surface area (Å²) in [5.41, 5.74) is 0.994. The minimum Gasteiger partial charge on any atom is -0.395 e. The minimum absolute atomic E-state index is 0.103. The fourth-order valence-electron chi connectivity index (χ4n) is 1.61. The summed E-state index contributed by atoms with van der Waals surface area (Å²) in [7, 11) is 0. The molecule has 0 radical (unpaired) electrons. The molecule has 104 valence electrons. The second kappa shape index (κ2) is 8.08. The summed E-state index contributed by atoms with van der Waals surface area (Å²) in [5, 5.41) is 9.40. The maximum Gasteiger partial charge on any atom is 0.0814 e. The van der Waals surface area contributed by atoms with Crippen LogP contribution in [-0.2, 0) is 18.0 Å². The topological polar surface area (TPSA) is 29.5 Å². The van der Waals surface area contributed by atoms with E-state index in [1.165, 1.54) is 0 Å². The number of ether oxygens (including phenoxy) is 1. The Labute approximate surface area is 128 Å². The lowest BCUT2D eigenvalue weighted by molar-refractivity contribution is 0.109. The van der Waals surface area contributed by atoms with Crippen molar-refractivity contribution in [1.29, 1.82) is 0 Å². The molecule has 1 aromatic carbocycles. The first-order valence-corrected chi connectivity index (χ1v) is 7.48. The first-order valence-electron chi connectivity index (χ1n) is 6.29. The highest BCUT2D eigenvalue weighted by atomic mass is 35.5. The fraction of sp³-hybridized carbons (Fsp3) is 0.250. The van der Waals surface area contributed by atoms with Crippen molar-refractivity contribution in [3.05, 3.63) is 56.7 Å². The quantitative estimate of drug-likeness (QED) is 0.850. The third kappa shape index (κ3) is 4.66. The number of benzene rings is 1. The zero-order chi connectivity index (χ0) is 14.2. The van der Waals surface area contributed by atoms with Crippen molar-refractivity contribution in [2.75, 3.05) is 6.61 Å². The lowest BCUT2D eigenvalue weighted by Crippen LogP contribution is -1.92. The van der Waals surface area contributed by atoms with E-state index >= 15 is 0 Å². The molecule has 0 atom stereocenters. The van der Waals surface area contributed by atoms with Crippen LogP contribution in [-0.4, -0.2) is 11.7 Å². The van der Waals surface area contributed by atoms with Gasteiger partial charge in [-0.3, -0.25) is 0 Å². The van der Waals surface area contributed by atoms with Crippen molar-refractivity contribution in [1.82, 2.24) is 0 Å². The Morgan fingerprint density at radius 2 is 2.00 bits per heavy atom. The van der Waals surface area contributed by atoms with Gasteiger partial charge in [-0.2, -0.15) is 0 Å². The summed E-state index contributed by atoms with van der Waals surface area (Å²) in [6.45, 7) is 1.16. The zero-order valence-corrected chi connectivity index (χ0v) is 12.5. The maximum absolute atomic E-state index is 8.67. The number of rotatable bonds is 5. The summed E-state index contributed by atoms with van der Waals surface area (Å²) >= 11 is 7.67. The van der Waals surface area contributed by atoms with E-state index in [9.17, 15) is 0 Å². The number of hydrogen-bond acceptors (Lipinski definition) is 3. The molecule has 0 saturated carbocycles. The van der Waals surface area contributed by atoms with Gasteiger partial charge < -0.3 is 9.84 Å². The van der Waals surface area contributed by atoms with Crippen molar-refractivity contribution >= 4 is 22.9 Å². The van der Waals surface area contributed by atoms with Gasteiger partial charge in [-0.25, -0.2) is 0 Å². The fourth-order valence-corrected chi connectivity index (χ4v) is 2.62. The van der Waals surface area contributed by atoms with E-state index in [4.69, 9.17) is 21.4 Å². The van der Waals surface area contributed by atoms with Crippen LogP contribution < -0.4 is 0 Å². The molecule has 2 nitrogen and oxygen atoms in total. The third-order valence-electron chi connectivity index (χ3n) is 2.57. The minimum atomic E-state index is 0.103. The summed E-state index contributed by atoms with van der Waals surface area (Å²) in [6, 6.07) is 11.7. The average molecular weight is 307 g/mol. The molecule has 0 aliphatic carbocycles. The summed E-state index contributed by atoms with van der Waals surface area (Å²) < 4.78 is 5.66. The Morgan fingerprint density at radius 3 is 2.80 bits per heavy atom. The van der Waals surface area contributed by atoms with Crippen molar-refractivity contribution in [2.24, 2.45) is 0 Å². The maximum atomic E-state index is 8.67. The molecule has 1 aromatic heterocycles. The molecule has 0 aliphatic rings. The molecule has 0 fully saturated rings. The molecule has 0 spiro atoms. The Bertz CT molecular complexity index is 610. The molecule has 1 heterocycles. The summed E-state index contributed by atoms with van der Waals surface area (Å²) in [6.07, 6.45) is 0.510. The summed E-state index contributed by atoms with van der Waals surface area (Å²) in [5.74, 6) is 5.92. The van der Waals surface area contributed by atoms with Crippen LogP contribution in [0, 0.1) is 11.8 Å². The Morgan fingerprint density at radius 1 is 1.15 bits per heavy atom. The van der Waals surface area contributed by atoms with Crippen molar-refractivity contribution in [3.63, 3.8) is 0 Å². The third-order valence-corrected chi connectivity index (χ3v) is 3.91. The molecule has 2 rings (SSSR count). The number of halogens is 1. The number of hydrogen-bond donors (Lipinski definition) is 1. The Kier molecular flexibility index (Phi) is 6.10. The van der Waals surface area contributed by atoms with Crippen LogP contribution >= 0.6 is 22.9 Å². The van der Waals surface area contributed by atoms with E-state index in [0.717, 1.165) is 20.3 Å². The van der Waals surface area contributed by atoms with E-state index in [1.807, 2.05) is 36.4 Å². The van der Waals surface area contributed by atoms with Crippen molar-refractivity contribution in [2.45, 2.75) is 19.6 Å². The molecular formula is C16H15ClO2S. The van der Waals surface area contributed by atoms with Crippen LogP contribution in [0.4, 0.5) is 0 Å². The van der Waals surface area contributed by atoms with E-state index < -0.39 is 0 Å². The molecule has 1 N–H and O–H groups in total. The van der Waals surface area contributed by atoms with Gasteiger partial charge in [0.15, 0.2) is 0 Å². The molecular weight excluding hydrogens is 292 g/mol. The predicted octanol–water partition coefficient (Wildman–Crippen LogP) is 3.85. The Hall–Kier alpha value is -1.31. The van der Waals surface area contributed by atoms with Gasteiger partial charge in [-0.1, -0.05) is 41.6 Å². The molecule has 4 heteroatoms. The molecule has 0 unspecified atom stereocenters. The van der Waals surface area contributed by atoms with Gasteiger partial charge in [0.1, 0.15) is 0 Å². The van der Waals surface area contributed by atoms with Crippen molar-refractivity contribution in [3.8, 4) is 11.8 Å². The second-order valence-electron chi connectivity index (χ2n) is 4.13. The van der Waals surface area contributed by atoms with Gasteiger partial charge in [-0.15, -0.1) is 11.3 Å². The molecule has 20 heavy (non-hydrogen) atoms. The molecule has 0 amide bonds. The number of aliphatic hydroxyl groups is 1. The van der Waals surface area contributed by atoms with Gasteiger partial charge in [-0.05, 0) is 23.8 Å².